The molecule has 18 heavy (non-hydrogen) atoms. The molecule has 0 spiro atoms. The first-order valence-corrected chi connectivity index (χ1v) is 6.70. The zero-order valence-corrected chi connectivity index (χ0v) is 10.6. The van der Waals surface area contributed by atoms with E-state index >= 15 is 0 Å². The Bertz CT molecular complexity index is 626. The minimum absolute atomic E-state index is 0.600. The van der Waals surface area contributed by atoms with Gasteiger partial charge in [0.1, 0.15) is 0 Å². The van der Waals surface area contributed by atoms with Crippen molar-refractivity contribution in [2.45, 2.75) is 12.8 Å². The fourth-order valence-corrected chi connectivity index (χ4v) is 2.79. The smallest absolute Gasteiger partial charge is 0.268 e. The van der Waals surface area contributed by atoms with E-state index in [0.717, 1.165) is 23.5 Å². The number of rotatable bonds is 4. The van der Waals surface area contributed by atoms with Crippen LogP contribution in [0, 0.1) is 0 Å². The number of benzene rings is 1. The van der Waals surface area contributed by atoms with E-state index in [2.05, 4.69) is 28.3 Å². The van der Waals surface area contributed by atoms with Gasteiger partial charge in [-0.15, -0.1) is 11.3 Å². The first kappa shape index (κ1) is 11.4. The number of hydrogen-bond acceptors (Lipinski definition) is 5. The summed E-state index contributed by atoms with van der Waals surface area (Å²) < 4.78 is 6.52. The molecule has 3 rings (SSSR count). The van der Waals surface area contributed by atoms with Crippen LogP contribution in [-0.2, 0) is 6.42 Å². The zero-order valence-electron chi connectivity index (χ0n) is 9.80. The lowest BCUT2D eigenvalue weighted by atomic mass is 10.2. The number of nitrogens with two attached hydrogens (primary N) is 1. The average molecular weight is 259 g/mol. The van der Waals surface area contributed by atoms with E-state index in [4.69, 9.17) is 10.3 Å². The minimum Gasteiger partial charge on any atom is -0.333 e. The zero-order chi connectivity index (χ0) is 12.4. The highest BCUT2D eigenvalue weighted by Gasteiger charge is 2.11. The fraction of sp³-hybridized carbons (Fsp3) is 0.231. The van der Waals surface area contributed by atoms with Crippen molar-refractivity contribution in [2.24, 2.45) is 5.73 Å². The largest absolute Gasteiger partial charge is 0.333 e. The normalized spacial score (nSPS) is 11.2. The summed E-state index contributed by atoms with van der Waals surface area (Å²) in [7, 11) is 0. The van der Waals surface area contributed by atoms with Crippen molar-refractivity contribution in [1.82, 2.24) is 10.1 Å². The van der Waals surface area contributed by atoms with Gasteiger partial charge in [-0.05, 0) is 30.5 Å². The molecule has 0 aliphatic rings. The Labute approximate surface area is 108 Å². The number of fused-ring (bicyclic) bond motifs is 1. The van der Waals surface area contributed by atoms with Crippen molar-refractivity contribution in [3.8, 4) is 10.8 Å². The van der Waals surface area contributed by atoms with Gasteiger partial charge < -0.3 is 10.3 Å². The molecule has 1 aromatic carbocycles. The van der Waals surface area contributed by atoms with Crippen LogP contribution in [0.5, 0.6) is 0 Å². The third-order valence-corrected chi connectivity index (χ3v) is 3.81. The van der Waals surface area contributed by atoms with Gasteiger partial charge in [-0.1, -0.05) is 23.4 Å². The molecule has 0 saturated heterocycles. The summed E-state index contributed by atoms with van der Waals surface area (Å²) in [6.45, 7) is 0.646. The lowest BCUT2D eigenvalue weighted by Crippen LogP contribution is -2.01. The van der Waals surface area contributed by atoms with Crippen LogP contribution in [0.25, 0.3) is 20.9 Å². The standard InChI is InChI=1S/C13H13N3OS/c14-7-3-6-12-15-13(17-16-12)11-8-9-4-1-2-5-10(9)18-11/h1-2,4-5,8H,3,6-7,14H2. The molecule has 2 heterocycles. The molecule has 0 aliphatic carbocycles. The van der Waals surface area contributed by atoms with Crippen molar-refractivity contribution in [1.29, 1.82) is 0 Å². The molecule has 92 valence electrons. The predicted octanol–water partition coefficient (Wildman–Crippen LogP) is 2.84. The molecule has 0 atom stereocenters. The maximum atomic E-state index is 5.46. The Kier molecular flexibility index (Phi) is 3.08. The summed E-state index contributed by atoms with van der Waals surface area (Å²) in [5.74, 6) is 1.33. The van der Waals surface area contributed by atoms with Gasteiger partial charge in [-0.3, -0.25) is 0 Å². The van der Waals surface area contributed by atoms with Crippen LogP contribution in [0.2, 0.25) is 0 Å². The second kappa shape index (κ2) is 4.88. The van der Waals surface area contributed by atoms with Crippen LogP contribution in [0.4, 0.5) is 0 Å². The maximum absolute atomic E-state index is 5.46. The molecule has 4 nitrogen and oxygen atoms in total. The van der Waals surface area contributed by atoms with Crippen LogP contribution in [0.1, 0.15) is 12.2 Å². The SMILES string of the molecule is NCCCc1noc(-c2cc3ccccc3s2)n1. The van der Waals surface area contributed by atoms with Crippen LogP contribution < -0.4 is 5.73 Å². The van der Waals surface area contributed by atoms with E-state index < -0.39 is 0 Å². The molecule has 0 saturated carbocycles. The van der Waals surface area contributed by atoms with E-state index in [1.165, 1.54) is 10.1 Å². The van der Waals surface area contributed by atoms with E-state index in [1.807, 2.05) is 12.1 Å². The molecule has 0 bridgehead atoms. The van der Waals surface area contributed by atoms with E-state index in [0.29, 0.717) is 12.4 Å². The Hall–Kier alpha value is -1.72. The highest BCUT2D eigenvalue weighted by molar-refractivity contribution is 7.22. The van der Waals surface area contributed by atoms with E-state index in [-0.39, 0.29) is 0 Å². The Morgan fingerprint density at radius 3 is 3.00 bits per heavy atom. The summed E-state index contributed by atoms with van der Waals surface area (Å²) in [4.78, 5) is 5.41. The van der Waals surface area contributed by atoms with Gasteiger partial charge in [-0.2, -0.15) is 4.98 Å². The quantitative estimate of drug-likeness (QED) is 0.782. The second-order valence-electron chi connectivity index (χ2n) is 4.06. The first-order valence-electron chi connectivity index (χ1n) is 5.88. The van der Waals surface area contributed by atoms with E-state index in [1.54, 1.807) is 11.3 Å². The fourth-order valence-electron chi connectivity index (χ4n) is 1.80. The average Bonchev–Trinajstić information content (AvgIpc) is 3.02. The van der Waals surface area contributed by atoms with Gasteiger partial charge in [0.2, 0.25) is 0 Å². The summed E-state index contributed by atoms with van der Waals surface area (Å²) in [5, 5.41) is 5.17. The van der Waals surface area contributed by atoms with Gasteiger partial charge >= 0.3 is 0 Å². The monoisotopic (exact) mass is 259 g/mol. The lowest BCUT2D eigenvalue weighted by molar-refractivity contribution is 0.422. The predicted molar refractivity (Wildman–Crippen MR) is 72.5 cm³/mol. The van der Waals surface area contributed by atoms with Crippen molar-refractivity contribution in [2.75, 3.05) is 6.54 Å². The summed E-state index contributed by atoms with van der Waals surface area (Å²) in [6.07, 6.45) is 1.65. The van der Waals surface area contributed by atoms with Gasteiger partial charge in [-0.25, -0.2) is 0 Å². The van der Waals surface area contributed by atoms with Gasteiger partial charge in [0.05, 0.1) is 4.88 Å². The third kappa shape index (κ3) is 2.14. The van der Waals surface area contributed by atoms with Crippen LogP contribution >= 0.6 is 11.3 Å². The third-order valence-electron chi connectivity index (χ3n) is 2.71. The van der Waals surface area contributed by atoms with Crippen molar-refractivity contribution in [3.63, 3.8) is 0 Å². The summed E-state index contributed by atoms with van der Waals surface area (Å²) >= 11 is 1.67. The molecular formula is C13H13N3OS. The second-order valence-corrected chi connectivity index (χ2v) is 5.14. The van der Waals surface area contributed by atoms with Crippen molar-refractivity contribution < 1.29 is 4.52 Å². The molecule has 0 aliphatic heterocycles. The summed E-state index contributed by atoms with van der Waals surface area (Å²) in [6, 6.07) is 10.3. The highest BCUT2D eigenvalue weighted by atomic mass is 32.1. The molecule has 0 fully saturated rings. The van der Waals surface area contributed by atoms with Crippen LogP contribution in [-0.4, -0.2) is 16.7 Å². The molecule has 0 radical (unpaired) electrons. The van der Waals surface area contributed by atoms with E-state index in [9.17, 15) is 0 Å². The van der Waals surface area contributed by atoms with Crippen molar-refractivity contribution >= 4 is 21.4 Å². The molecule has 0 amide bonds. The number of aromatic nitrogens is 2. The van der Waals surface area contributed by atoms with Gasteiger partial charge in [0.25, 0.3) is 5.89 Å². The topological polar surface area (TPSA) is 64.9 Å². The molecule has 2 N–H and O–H groups in total. The van der Waals surface area contributed by atoms with Gasteiger partial charge in [0.15, 0.2) is 5.82 Å². The minimum atomic E-state index is 0.600. The molecule has 0 unspecified atom stereocenters. The van der Waals surface area contributed by atoms with Crippen LogP contribution in [0.3, 0.4) is 0 Å². The highest BCUT2D eigenvalue weighted by Crippen LogP contribution is 2.32. The Morgan fingerprint density at radius 1 is 1.28 bits per heavy atom. The summed E-state index contributed by atoms with van der Waals surface area (Å²) in [5.41, 5.74) is 5.46. The molecule has 3 aromatic rings. The Balaban J connectivity index is 1.91. The van der Waals surface area contributed by atoms with Gasteiger partial charge in [0, 0.05) is 11.1 Å². The lowest BCUT2D eigenvalue weighted by Gasteiger charge is -1.88. The number of nitrogens with zero attached hydrogens (tertiary/aromatic N) is 2. The number of hydrogen-bond donors (Lipinski definition) is 1. The first-order chi connectivity index (χ1) is 8.86. The Morgan fingerprint density at radius 2 is 2.17 bits per heavy atom. The maximum Gasteiger partial charge on any atom is 0.268 e. The molecular weight excluding hydrogens is 246 g/mol. The molecule has 5 heteroatoms. The van der Waals surface area contributed by atoms with Crippen molar-refractivity contribution in [3.05, 3.63) is 36.2 Å². The number of thiophene rings is 1. The molecule has 2 aromatic heterocycles. The number of aryl methyl sites for hydroxylation is 1. The van der Waals surface area contributed by atoms with Crippen LogP contribution in [0.15, 0.2) is 34.9 Å².